The molecule has 0 aliphatic carbocycles. The summed E-state index contributed by atoms with van der Waals surface area (Å²) in [6, 6.07) is 9.87. The summed E-state index contributed by atoms with van der Waals surface area (Å²) in [6.07, 6.45) is 0.626. The van der Waals surface area contributed by atoms with Crippen LogP contribution in [0.5, 0.6) is 0 Å². The molecule has 0 spiro atoms. The van der Waals surface area contributed by atoms with E-state index in [1.54, 1.807) is 13.8 Å². The van der Waals surface area contributed by atoms with Gasteiger partial charge in [0.2, 0.25) is 0 Å². The van der Waals surface area contributed by atoms with Gasteiger partial charge in [0.1, 0.15) is 0 Å². The van der Waals surface area contributed by atoms with Gasteiger partial charge in [0.15, 0.2) is 0 Å². The first kappa shape index (κ1) is 24.2. The molecule has 0 atom stereocenters. The van der Waals surface area contributed by atoms with Gasteiger partial charge >= 0.3 is 29.0 Å². The summed E-state index contributed by atoms with van der Waals surface area (Å²) in [5, 5.41) is 0. The van der Waals surface area contributed by atoms with Crippen LogP contribution in [-0.2, 0) is 9.53 Å². The van der Waals surface area contributed by atoms with E-state index in [1.165, 1.54) is 0 Å². The van der Waals surface area contributed by atoms with E-state index in [1.807, 2.05) is 37.3 Å². The van der Waals surface area contributed by atoms with E-state index in [0.29, 0.717) is 24.3 Å². The van der Waals surface area contributed by atoms with Crippen LogP contribution in [0.2, 0.25) is 0 Å². The standard InChI is InChI=1S/C8H15NO2.C7H7.ClH.Mg/c1-4-7(6(3)9)8(10)11-5-2;1-7-5-3-2-4-6-7;;/h4-5,9H2,1-3H3;2-6H,1H2;1H;/q;-1;;+2/p-1. The van der Waals surface area contributed by atoms with Crippen molar-refractivity contribution in [3.05, 3.63) is 54.1 Å². The molecule has 0 heterocycles. The van der Waals surface area contributed by atoms with Crippen molar-refractivity contribution in [3.63, 3.8) is 0 Å². The molecule has 1 aromatic carbocycles. The van der Waals surface area contributed by atoms with Crippen molar-refractivity contribution < 1.29 is 21.9 Å². The number of benzene rings is 1. The molecule has 20 heavy (non-hydrogen) atoms. The number of carbonyl (C=O) groups is 1. The maximum absolute atomic E-state index is 11.1. The van der Waals surface area contributed by atoms with E-state index < -0.39 is 0 Å². The maximum Gasteiger partial charge on any atom is 2.00 e. The molecule has 0 fully saturated rings. The predicted molar refractivity (Wildman–Crippen MR) is 80.5 cm³/mol. The smallest absolute Gasteiger partial charge is 1.00 e. The van der Waals surface area contributed by atoms with Gasteiger partial charge < -0.3 is 22.9 Å². The number of halogens is 1. The second-order valence-corrected chi connectivity index (χ2v) is 3.72. The third-order valence-corrected chi connectivity index (χ3v) is 2.19. The van der Waals surface area contributed by atoms with Gasteiger partial charge in [-0.05, 0) is 20.3 Å². The molecular weight excluding hydrogens is 286 g/mol. The zero-order chi connectivity index (χ0) is 14.0. The Morgan fingerprint density at radius 2 is 1.75 bits per heavy atom. The van der Waals surface area contributed by atoms with Crippen LogP contribution in [0.4, 0.5) is 0 Å². The topological polar surface area (TPSA) is 52.3 Å². The van der Waals surface area contributed by atoms with Gasteiger partial charge in [-0.2, -0.15) is 24.6 Å². The molecule has 0 bridgehead atoms. The van der Waals surface area contributed by atoms with Crippen LogP contribution >= 0.6 is 0 Å². The van der Waals surface area contributed by atoms with Gasteiger partial charge in [-0.3, -0.25) is 0 Å². The van der Waals surface area contributed by atoms with Crippen molar-refractivity contribution in [2.75, 3.05) is 6.61 Å². The Kier molecular flexibility index (Phi) is 17.6. The van der Waals surface area contributed by atoms with Crippen LogP contribution in [0.25, 0.3) is 0 Å². The van der Waals surface area contributed by atoms with Gasteiger partial charge in [-0.25, -0.2) is 4.79 Å². The first-order valence-electron chi connectivity index (χ1n) is 6.02. The fraction of sp³-hybridized carbons (Fsp3) is 0.333. The van der Waals surface area contributed by atoms with Crippen LogP contribution in [0.15, 0.2) is 41.6 Å². The molecule has 2 N–H and O–H groups in total. The number of carbonyl (C=O) groups excluding carboxylic acids is 1. The molecule has 0 amide bonds. The van der Waals surface area contributed by atoms with Crippen LogP contribution in [0.1, 0.15) is 32.8 Å². The Bertz CT molecular complexity index is 390. The zero-order valence-electron chi connectivity index (χ0n) is 12.5. The fourth-order valence-electron chi connectivity index (χ4n) is 1.28. The van der Waals surface area contributed by atoms with Crippen molar-refractivity contribution in [1.29, 1.82) is 0 Å². The second kappa shape index (κ2) is 14.6. The van der Waals surface area contributed by atoms with Gasteiger partial charge in [0.05, 0.1) is 12.2 Å². The summed E-state index contributed by atoms with van der Waals surface area (Å²) < 4.78 is 4.78. The molecule has 0 aliphatic rings. The summed E-state index contributed by atoms with van der Waals surface area (Å²) in [5.41, 5.74) is 7.65. The number of nitrogens with two attached hydrogens (primary N) is 1. The normalized spacial score (nSPS) is 9.75. The molecule has 0 saturated heterocycles. The number of ether oxygens (including phenoxy) is 1. The van der Waals surface area contributed by atoms with Gasteiger partial charge in [0, 0.05) is 5.70 Å². The van der Waals surface area contributed by atoms with Crippen molar-refractivity contribution in [1.82, 2.24) is 0 Å². The molecule has 0 saturated carbocycles. The number of rotatable bonds is 3. The van der Waals surface area contributed by atoms with E-state index >= 15 is 0 Å². The molecule has 0 aromatic heterocycles. The Morgan fingerprint density at radius 1 is 1.25 bits per heavy atom. The minimum Gasteiger partial charge on any atom is -1.00 e. The Hall–Kier alpha value is -0.844. The monoisotopic (exact) mass is 307 g/mol. The fourth-order valence-corrected chi connectivity index (χ4v) is 1.28. The van der Waals surface area contributed by atoms with E-state index in [2.05, 4.69) is 6.92 Å². The maximum atomic E-state index is 11.1. The summed E-state index contributed by atoms with van der Waals surface area (Å²) in [5.74, 6) is -0.296. The molecule has 108 valence electrons. The van der Waals surface area contributed by atoms with Gasteiger partial charge in [-0.15, -0.1) is 12.1 Å². The first-order valence-corrected chi connectivity index (χ1v) is 6.02. The van der Waals surface area contributed by atoms with Gasteiger partial charge in [0.25, 0.3) is 0 Å². The van der Waals surface area contributed by atoms with Crippen LogP contribution < -0.4 is 18.1 Å². The van der Waals surface area contributed by atoms with Crippen molar-refractivity contribution in [2.45, 2.75) is 27.2 Å². The summed E-state index contributed by atoms with van der Waals surface area (Å²) in [4.78, 5) is 11.1. The molecule has 0 unspecified atom stereocenters. The minimum atomic E-state index is -0.296. The summed E-state index contributed by atoms with van der Waals surface area (Å²) in [6.45, 7) is 9.48. The van der Waals surface area contributed by atoms with Gasteiger partial charge in [-0.1, -0.05) is 13.0 Å². The first-order chi connectivity index (χ1) is 8.52. The Balaban J connectivity index is -0.000000280. The Labute approximate surface area is 144 Å². The molecule has 5 heteroatoms. The number of hydrogen-bond acceptors (Lipinski definition) is 3. The molecule has 1 rings (SSSR count). The van der Waals surface area contributed by atoms with E-state index in [0.717, 1.165) is 5.56 Å². The summed E-state index contributed by atoms with van der Waals surface area (Å²) >= 11 is 0. The number of hydrogen-bond donors (Lipinski definition) is 1. The van der Waals surface area contributed by atoms with Crippen LogP contribution in [0, 0.1) is 6.92 Å². The van der Waals surface area contributed by atoms with Crippen LogP contribution in [-0.4, -0.2) is 35.6 Å². The largest absolute Gasteiger partial charge is 2.00 e. The number of esters is 1. The second-order valence-electron chi connectivity index (χ2n) is 3.72. The molecule has 0 radical (unpaired) electrons. The zero-order valence-corrected chi connectivity index (χ0v) is 14.7. The van der Waals surface area contributed by atoms with Crippen molar-refractivity contribution in [2.24, 2.45) is 5.73 Å². The van der Waals surface area contributed by atoms with E-state index in [9.17, 15) is 4.79 Å². The van der Waals surface area contributed by atoms with Crippen LogP contribution in [0.3, 0.4) is 0 Å². The average Bonchev–Trinajstić information content (AvgIpc) is 2.31. The quantitative estimate of drug-likeness (QED) is 0.360. The third kappa shape index (κ3) is 11.0. The molecule has 1 aromatic rings. The minimum absolute atomic E-state index is 0. The van der Waals surface area contributed by atoms with E-state index in [-0.39, 0.29) is 41.4 Å². The predicted octanol–water partition coefficient (Wildman–Crippen LogP) is -0.316. The SMILES string of the molecule is CCOC(=O)C(CC)=C(C)N.[CH2-]c1ccccc1.[Cl-].[Mg+2]. The van der Waals surface area contributed by atoms with Crippen molar-refractivity contribution >= 4 is 29.0 Å². The molecule has 3 nitrogen and oxygen atoms in total. The third-order valence-electron chi connectivity index (χ3n) is 2.19. The number of allylic oxidation sites excluding steroid dienone is 1. The molecule has 0 aliphatic heterocycles. The van der Waals surface area contributed by atoms with Crippen molar-refractivity contribution in [3.8, 4) is 0 Å². The molecular formula is C15H22ClMgNO2. The van der Waals surface area contributed by atoms with E-state index in [4.69, 9.17) is 10.5 Å². The summed E-state index contributed by atoms with van der Waals surface area (Å²) in [7, 11) is 0. The average molecular weight is 308 g/mol. The Morgan fingerprint density at radius 3 is 2.00 bits per heavy atom.